The van der Waals surface area contributed by atoms with E-state index in [9.17, 15) is 4.79 Å². The van der Waals surface area contributed by atoms with Crippen LogP contribution in [0.5, 0.6) is 0 Å². The van der Waals surface area contributed by atoms with E-state index >= 15 is 0 Å². The van der Waals surface area contributed by atoms with Crippen molar-refractivity contribution in [3.8, 4) is 11.8 Å². The number of carbonyl (C=O) groups is 1. The van der Waals surface area contributed by atoms with Gasteiger partial charge in [-0.3, -0.25) is 4.79 Å². The molecular weight excluding hydrogens is 260 g/mol. The summed E-state index contributed by atoms with van der Waals surface area (Å²) in [6.07, 6.45) is 4.86. The molecule has 3 rings (SSSR count). The summed E-state index contributed by atoms with van der Waals surface area (Å²) in [7, 11) is 0. The average Bonchev–Trinajstić information content (AvgIpc) is 3.34. The maximum Gasteiger partial charge on any atom is 0.254 e. The van der Waals surface area contributed by atoms with Gasteiger partial charge >= 0.3 is 0 Å². The lowest BCUT2D eigenvalue weighted by molar-refractivity contribution is 0.0734. The third-order valence-corrected chi connectivity index (χ3v) is 4.06. The van der Waals surface area contributed by atoms with E-state index < -0.39 is 0 Å². The van der Waals surface area contributed by atoms with Gasteiger partial charge in [0.05, 0.1) is 6.54 Å². The Bertz CT molecular complexity index is 603. The minimum absolute atomic E-state index is 0.170. The molecule has 0 aliphatic heterocycles. The van der Waals surface area contributed by atoms with Crippen LogP contribution in [0.4, 0.5) is 0 Å². The number of nitrogens with two attached hydrogens (primary N) is 1. The van der Waals surface area contributed by atoms with Crippen LogP contribution in [-0.2, 0) is 0 Å². The molecule has 0 spiro atoms. The Labute approximate surface area is 126 Å². The number of hydrogen-bond donors (Lipinski definition) is 1. The SMILES string of the molecule is Cc1cc(C#CCN)cc(C(=O)N(CC2CC2)C2CC2)c1. The summed E-state index contributed by atoms with van der Waals surface area (Å²) < 4.78 is 0. The molecule has 0 aromatic heterocycles. The van der Waals surface area contributed by atoms with Crippen molar-refractivity contribution < 1.29 is 4.79 Å². The number of nitrogens with zero attached hydrogens (tertiary/aromatic N) is 1. The molecule has 0 bridgehead atoms. The van der Waals surface area contributed by atoms with Gasteiger partial charge in [-0.05, 0) is 62.3 Å². The first-order valence-corrected chi connectivity index (χ1v) is 7.79. The van der Waals surface area contributed by atoms with E-state index in [0.717, 1.165) is 42.0 Å². The molecule has 0 unspecified atom stereocenters. The van der Waals surface area contributed by atoms with Crippen molar-refractivity contribution in [1.29, 1.82) is 0 Å². The van der Waals surface area contributed by atoms with E-state index in [1.165, 1.54) is 12.8 Å². The summed E-state index contributed by atoms with van der Waals surface area (Å²) in [5, 5.41) is 0. The largest absolute Gasteiger partial charge is 0.335 e. The molecule has 3 heteroatoms. The fourth-order valence-corrected chi connectivity index (χ4v) is 2.66. The van der Waals surface area contributed by atoms with E-state index in [-0.39, 0.29) is 5.91 Å². The van der Waals surface area contributed by atoms with Gasteiger partial charge in [-0.25, -0.2) is 0 Å². The number of benzene rings is 1. The molecule has 3 nitrogen and oxygen atoms in total. The smallest absolute Gasteiger partial charge is 0.254 e. The Morgan fingerprint density at radius 2 is 2.05 bits per heavy atom. The van der Waals surface area contributed by atoms with Gasteiger partial charge in [0.1, 0.15) is 0 Å². The zero-order chi connectivity index (χ0) is 14.8. The molecule has 0 atom stereocenters. The van der Waals surface area contributed by atoms with Gasteiger partial charge < -0.3 is 10.6 Å². The molecule has 2 aliphatic rings. The lowest BCUT2D eigenvalue weighted by Crippen LogP contribution is -2.35. The van der Waals surface area contributed by atoms with Crippen LogP contribution in [0, 0.1) is 24.7 Å². The topological polar surface area (TPSA) is 46.3 Å². The van der Waals surface area contributed by atoms with Crippen LogP contribution >= 0.6 is 0 Å². The molecule has 1 aromatic rings. The van der Waals surface area contributed by atoms with E-state index in [2.05, 4.69) is 16.7 Å². The highest BCUT2D eigenvalue weighted by molar-refractivity contribution is 5.95. The molecule has 2 fully saturated rings. The zero-order valence-electron chi connectivity index (χ0n) is 12.6. The molecule has 0 heterocycles. The monoisotopic (exact) mass is 282 g/mol. The fraction of sp³-hybridized carbons (Fsp3) is 0.500. The third-order valence-electron chi connectivity index (χ3n) is 4.06. The maximum absolute atomic E-state index is 12.8. The van der Waals surface area contributed by atoms with Gasteiger partial charge in [0.2, 0.25) is 0 Å². The van der Waals surface area contributed by atoms with Crippen molar-refractivity contribution in [2.45, 2.75) is 38.6 Å². The van der Waals surface area contributed by atoms with Crippen molar-refractivity contribution in [1.82, 2.24) is 4.90 Å². The van der Waals surface area contributed by atoms with E-state index in [1.54, 1.807) is 0 Å². The summed E-state index contributed by atoms with van der Waals surface area (Å²) in [5.41, 5.74) is 8.14. The van der Waals surface area contributed by atoms with Crippen LogP contribution in [0.3, 0.4) is 0 Å². The van der Waals surface area contributed by atoms with E-state index in [1.807, 2.05) is 25.1 Å². The van der Waals surface area contributed by atoms with Crippen LogP contribution in [-0.4, -0.2) is 29.9 Å². The molecule has 21 heavy (non-hydrogen) atoms. The molecule has 0 saturated heterocycles. The zero-order valence-corrected chi connectivity index (χ0v) is 12.6. The number of amides is 1. The lowest BCUT2D eigenvalue weighted by Gasteiger charge is -2.22. The second-order valence-corrected chi connectivity index (χ2v) is 6.23. The molecule has 1 aromatic carbocycles. The minimum Gasteiger partial charge on any atom is -0.335 e. The molecular formula is C18H22N2O. The van der Waals surface area contributed by atoms with Crippen LogP contribution in [0.2, 0.25) is 0 Å². The summed E-state index contributed by atoms with van der Waals surface area (Å²) in [6, 6.07) is 6.34. The predicted octanol–water partition coefficient (Wildman–Crippen LogP) is 2.32. The summed E-state index contributed by atoms with van der Waals surface area (Å²) in [6.45, 7) is 3.28. The normalized spacial score (nSPS) is 17.0. The Morgan fingerprint density at radius 1 is 1.29 bits per heavy atom. The summed E-state index contributed by atoms with van der Waals surface area (Å²) in [5.74, 6) is 6.79. The van der Waals surface area contributed by atoms with Crippen LogP contribution in [0.1, 0.15) is 47.2 Å². The van der Waals surface area contributed by atoms with Gasteiger partial charge in [-0.15, -0.1) is 0 Å². The number of aryl methyl sites for hydroxylation is 1. The van der Waals surface area contributed by atoms with Crippen molar-refractivity contribution in [2.75, 3.05) is 13.1 Å². The van der Waals surface area contributed by atoms with Gasteiger partial charge in [0, 0.05) is 23.7 Å². The van der Waals surface area contributed by atoms with Gasteiger partial charge in [-0.1, -0.05) is 11.8 Å². The second kappa shape index (κ2) is 5.91. The van der Waals surface area contributed by atoms with Crippen molar-refractivity contribution in [2.24, 2.45) is 11.7 Å². The Balaban J connectivity index is 1.83. The molecule has 2 N–H and O–H groups in total. The first-order chi connectivity index (χ1) is 10.2. The predicted molar refractivity (Wildman–Crippen MR) is 83.9 cm³/mol. The minimum atomic E-state index is 0.170. The molecule has 0 radical (unpaired) electrons. The first-order valence-electron chi connectivity index (χ1n) is 7.79. The second-order valence-electron chi connectivity index (χ2n) is 6.23. The van der Waals surface area contributed by atoms with Gasteiger partial charge in [-0.2, -0.15) is 0 Å². The molecule has 110 valence electrons. The van der Waals surface area contributed by atoms with Crippen LogP contribution < -0.4 is 5.73 Å². The molecule has 2 aliphatic carbocycles. The molecule has 2 saturated carbocycles. The van der Waals surface area contributed by atoms with Crippen molar-refractivity contribution in [3.05, 3.63) is 34.9 Å². The first kappa shape index (κ1) is 14.2. The highest BCUT2D eigenvalue weighted by Crippen LogP contribution is 2.35. The molecule has 1 amide bonds. The lowest BCUT2D eigenvalue weighted by atomic mass is 10.1. The number of rotatable bonds is 4. The number of hydrogen-bond acceptors (Lipinski definition) is 2. The third kappa shape index (κ3) is 3.65. The quantitative estimate of drug-likeness (QED) is 0.862. The highest BCUT2D eigenvalue weighted by atomic mass is 16.2. The number of carbonyl (C=O) groups excluding carboxylic acids is 1. The van der Waals surface area contributed by atoms with Crippen molar-refractivity contribution >= 4 is 5.91 Å². The maximum atomic E-state index is 12.8. The van der Waals surface area contributed by atoms with Gasteiger partial charge in [0.15, 0.2) is 0 Å². The highest BCUT2D eigenvalue weighted by Gasteiger charge is 2.36. The average molecular weight is 282 g/mol. The van der Waals surface area contributed by atoms with Crippen molar-refractivity contribution in [3.63, 3.8) is 0 Å². The summed E-state index contributed by atoms with van der Waals surface area (Å²) >= 11 is 0. The standard InChI is InChI=1S/C18H22N2O/c1-13-9-15(3-2-8-19)11-16(10-13)18(21)20(17-6-7-17)12-14-4-5-14/h9-11,14,17H,4-8,12,19H2,1H3. The van der Waals surface area contributed by atoms with Crippen LogP contribution in [0.15, 0.2) is 18.2 Å². The van der Waals surface area contributed by atoms with E-state index in [4.69, 9.17) is 5.73 Å². The fourth-order valence-electron chi connectivity index (χ4n) is 2.66. The van der Waals surface area contributed by atoms with Crippen LogP contribution in [0.25, 0.3) is 0 Å². The Kier molecular flexibility index (Phi) is 3.98. The Morgan fingerprint density at radius 3 is 2.67 bits per heavy atom. The Hall–Kier alpha value is -1.79. The summed E-state index contributed by atoms with van der Waals surface area (Å²) in [4.78, 5) is 14.9. The van der Waals surface area contributed by atoms with Gasteiger partial charge in [0.25, 0.3) is 5.91 Å². The van der Waals surface area contributed by atoms with E-state index in [0.29, 0.717) is 12.6 Å².